The van der Waals surface area contributed by atoms with E-state index in [2.05, 4.69) is 33.7 Å². The summed E-state index contributed by atoms with van der Waals surface area (Å²) in [6.45, 7) is 5.42. The summed E-state index contributed by atoms with van der Waals surface area (Å²) < 4.78 is 4.50. The molecule has 1 N–H and O–H groups in total. The van der Waals surface area contributed by atoms with Gasteiger partial charge < -0.3 is 10.2 Å². The first-order valence-electron chi connectivity index (χ1n) is 5.46. The zero-order valence-electron chi connectivity index (χ0n) is 9.02. The molecule has 0 radical (unpaired) electrons. The van der Waals surface area contributed by atoms with Crippen molar-refractivity contribution in [3.8, 4) is 0 Å². The van der Waals surface area contributed by atoms with Crippen molar-refractivity contribution < 1.29 is 0 Å². The van der Waals surface area contributed by atoms with Crippen LogP contribution < -0.4 is 5.32 Å². The molecular formula is C11H17N3S. The van der Waals surface area contributed by atoms with E-state index >= 15 is 0 Å². The highest BCUT2D eigenvalue weighted by atomic mass is 32.2. The lowest BCUT2D eigenvalue weighted by Crippen LogP contribution is -2.52. The van der Waals surface area contributed by atoms with Gasteiger partial charge in [0.2, 0.25) is 0 Å². The number of amidine groups is 1. The van der Waals surface area contributed by atoms with Crippen LogP contribution in [-0.4, -0.2) is 36.4 Å². The van der Waals surface area contributed by atoms with E-state index in [0.29, 0.717) is 6.04 Å². The molecule has 82 valence electrons. The molecule has 4 heteroatoms. The summed E-state index contributed by atoms with van der Waals surface area (Å²) >= 11 is 1.51. The molecule has 0 saturated carbocycles. The molecule has 0 amide bonds. The van der Waals surface area contributed by atoms with E-state index in [9.17, 15) is 0 Å². The van der Waals surface area contributed by atoms with Crippen LogP contribution in [0, 0.1) is 0 Å². The van der Waals surface area contributed by atoms with Gasteiger partial charge in [-0.25, -0.2) is 0 Å². The monoisotopic (exact) mass is 223 g/mol. The summed E-state index contributed by atoms with van der Waals surface area (Å²) in [7, 11) is 0. The number of rotatable bonds is 1. The Morgan fingerprint density at radius 3 is 3.40 bits per heavy atom. The minimum atomic E-state index is 0.584. The summed E-state index contributed by atoms with van der Waals surface area (Å²) in [6.07, 6.45) is 7.36. The van der Waals surface area contributed by atoms with E-state index in [1.54, 1.807) is 0 Å². The highest BCUT2D eigenvalue weighted by Crippen LogP contribution is 2.15. The molecule has 1 unspecified atom stereocenters. The molecule has 2 heterocycles. The Balaban J connectivity index is 2.10. The van der Waals surface area contributed by atoms with E-state index in [-0.39, 0.29) is 0 Å². The molecule has 0 aromatic rings. The van der Waals surface area contributed by atoms with Crippen molar-refractivity contribution in [3.05, 3.63) is 23.6 Å². The molecule has 0 spiro atoms. The first-order valence-corrected chi connectivity index (χ1v) is 6.30. The summed E-state index contributed by atoms with van der Waals surface area (Å²) in [5, 5.41) is 5.43. The summed E-state index contributed by atoms with van der Waals surface area (Å²) in [5.74, 6) is 1.11. The number of nitrogens with zero attached hydrogens (tertiary/aromatic N) is 2. The number of piperazine rings is 1. The van der Waals surface area contributed by atoms with Crippen molar-refractivity contribution in [2.75, 3.05) is 19.6 Å². The fraction of sp³-hybridized carbons (Fsp3) is 0.545. The molecule has 2 aliphatic heterocycles. The standard InChI is InChI=1S/C11H17N3S/c1-2-10-9-12-6-7-14(10)11-5-3-4-8-15-13-11/h3-5,8,10,12H,2,6-7,9H2,1H3. The van der Waals surface area contributed by atoms with Gasteiger partial charge in [-0.3, -0.25) is 0 Å². The lowest BCUT2D eigenvalue weighted by molar-refractivity contribution is 0.253. The van der Waals surface area contributed by atoms with E-state index < -0.39 is 0 Å². The number of hydrogen-bond acceptors (Lipinski definition) is 4. The highest BCUT2D eigenvalue weighted by Gasteiger charge is 2.22. The first kappa shape index (κ1) is 10.8. The van der Waals surface area contributed by atoms with Gasteiger partial charge >= 0.3 is 0 Å². The van der Waals surface area contributed by atoms with E-state index in [4.69, 9.17) is 0 Å². The number of hydrogen-bond donors (Lipinski definition) is 1. The third kappa shape index (κ3) is 2.63. The fourth-order valence-electron chi connectivity index (χ4n) is 1.91. The quantitative estimate of drug-likeness (QED) is 0.687. The van der Waals surface area contributed by atoms with Gasteiger partial charge in [0.25, 0.3) is 0 Å². The van der Waals surface area contributed by atoms with Gasteiger partial charge in [-0.05, 0) is 17.9 Å². The Morgan fingerprint density at radius 1 is 1.60 bits per heavy atom. The van der Waals surface area contributed by atoms with Crippen molar-refractivity contribution in [3.63, 3.8) is 0 Å². The van der Waals surface area contributed by atoms with Crippen LogP contribution >= 0.6 is 11.9 Å². The van der Waals surface area contributed by atoms with Crippen molar-refractivity contribution in [2.45, 2.75) is 19.4 Å². The zero-order chi connectivity index (χ0) is 10.5. The molecule has 0 bridgehead atoms. The van der Waals surface area contributed by atoms with E-state index in [1.165, 1.54) is 11.9 Å². The van der Waals surface area contributed by atoms with Gasteiger partial charge in [0, 0.05) is 37.6 Å². The molecule has 2 aliphatic rings. The van der Waals surface area contributed by atoms with Crippen LogP contribution in [-0.2, 0) is 0 Å². The van der Waals surface area contributed by atoms with Gasteiger partial charge in [-0.15, -0.1) is 0 Å². The van der Waals surface area contributed by atoms with Gasteiger partial charge in [0.15, 0.2) is 0 Å². The van der Waals surface area contributed by atoms with E-state index in [1.807, 2.05) is 11.5 Å². The molecule has 1 atom stereocenters. The van der Waals surface area contributed by atoms with Gasteiger partial charge in [0.05, 0.1) is 0 Å². The summed E-state index contributed by atoms with van der Waals surface area (Å²) in [4.78, 5) is 2.41. The molecule has 15 heavy (non-hydrogen) atoms. The minimum absolute atomic E-state index is 0.584. The SMILES string of the molecule is CCC1CNCCN1C1=NSC=CC=C1. The maximum Gasteiger partial charge on any atom is 0.137 e. The maximum atomic E-state index is 4.50. The third-order valence-electron chi connectivity index (χ3n) is 2.76. The van der Waals surface area contributed by atoms with Crippen molar-refractivity contribution >= 4 is 17.8 Å². The second-order valence-electron chi connectivity index (χ2n) is 3.70. The molecular weight excluding hydrogens is 206 g/mol. The Hall–Kier alpha value is -0.740. The van der Waals surface area contributed by atoms with Crippen LogP contribution in [0.15, 0.2) is 28.0 Å². The normalized spacial score (nSPS) is 26.3. The van der Waals surface area contributed by atoms with Crippen LogP contribution in [0.4, 0.5) is 0 Å². The lowest BCUT2D eigenvalue weighted by atomic mass is 10.1. The number of allylic oxidation sites excluding steroid dienone is 2. The van der Waals surface area contributed by atoms with Crippen LogP contribution in [0.2, 0.25) is 0 Å². The molecule has 2 rings (SSSR count). The smallest absolute Gasteiger partial charge is 0.137 e. The predicted octanol–water partition coefficient (Wildman–Crippen LogP) is 1.80. The Bertz CT molecular complexity index is 296. The third-order valence-corrected chi connectivity index (χ3v) is 3.33. The first-order chi connectivity index (χ1) is 7.42. The Kier molecular flexibility index (Phi) is 3.86. The molecule has 0 aliphatic carbocycles. The average molecular weight is 223 g/mol. The fourth-order valence-corrected chi connectivity index (χ4v) is 2.41. The Morgan fingerprint density at radius 2 is 2.53 bits per heavy atom. The minimum Gasteiger partial charge on any atom is -0.351 e. The zero-order valence-corrected chi connectivity index (χ0v) is 9.83. The van der Waals surface area contributed by atoms with Gasteiger partial charge in [0.1, 0.15) is 5.84 Å². The second kappa shape index (κ2) is 5.37. The molecule has 3 nitrogen and oxygen atoms in total. The Labute approximate surface area is 95.5 Å². The van der Waals surface area contributed by atoms with Crippen molar-refractivity contribution in [1.82, 2.24) is 10.2 Å². The van der Waals surface area contributed by atoms with E-state index in [0.717, 1.165) is 31.9 Å². The summed E-state index contributed by atoms with van der Waals surface area (Å²) in [6, 6.07) is 0.584. The summed E-state index contributed by atoms with van der Waals surface area (Å²) in [5.41, 5.74) is 0. The molecule has 1 saturated heterocycles. The average Bonchev–Trinajstić information content (AvgIpc) is 2.57. The highest BCUT2D eigenvalue weighted by molar-refractivity contribution is 8.01. The van der Waals surface area contributed by atoms with Gasteiger partial charge in [-0.1, -0.05) is 19.1 Å². The largest absolute Gasteiger partial charge is 0.351 e. The van der Waals surface area contributed by atoms with Crippen molar-refractivity contribution in [2.24, 2.45) is 4.40 Å². The maximum absolute atomic E-state index is 4.50. The van der Waals surface area contributed by atoms with Crippen LogP contribution in [0.1, 0.15) is 13.3 Å². The van der Waals surface area contributed by atoms with Crippen LogP contribution in [0.25, 0.3) is 0 Å². The predicted molar refractivity (Wildman–Crippen MR) is 67.0 cm³/mol. The second-order valence-corrected chi connectivity index (χ2v) is 4.37. The van der Waals surface area contributed by atoms with Crippen LogP contribution in [0.5, 0.6) is 0 Å². The molecule has 0 aromatic carbocycles. The van der Waals surface area contributed by atoms with Crippen LogP contribution in [0.3, 0.4) is 0 Å². The topological polar surface area (TPSA) is 27.6 Å². The molecule has 0 aromatic heterocycles. The number of nitrogens with one attached hydrogen (secondary N) is 1. The lowest BCUT2D eigenvalue weighted by Gasteiger charge is -2.37. The van der Waals surface area contributed by atoms with Crippen molar-refractivity contribution in [1.29, 1.82) is 0 Å². The molecule has 1 fully saturated rings. The van der Waals surface area contributed by atoms with Gasteiger partial charge in [-0.2, -0.15) is 4.40 Å².